The van der Waals surface area contributed by atoms with E-state index in [4.69, 9.17) is 0 Å². The van der Waals surface area contributed by atoms with Gasteiger partial charge in [-0.05, 0) is 25.0 Å². The van der Waals surface area contributed by atoms with Gasteiger partial charge in [0.1, 0.15) is 5.82 Å². The van der Waals surface area contributed by atoms with Gasteiger partial charge in [-0.1, -0.05) is 18.9 Å². The van der Waals surface area contributed by atoms with Gasteiger partial charge in [0.25, 0.3) is 0 Å². The molecule has 20 heavy (non-hydrogen) atoms. The standard InChI is InChI=1S/C14H15F4NO/c15-12-7-9(5-6-11(12)14(16,17)18)13(20)8-19-10-3-1-2-4-10/h5-7,10,19H,1-4,8H2. The molecule has 0 atom stereocenters. The molecule has 2 rings (SSSR count). The second-order valence-electron chi connectivity index (χ2n) is 4.98. The topological polar surface area (TPSA) is 29.1 Å². The van der Waals surface area contributed by atoms with Gasteiger partial charge in [-0.3, -0.25) is 4.79 Å². The van der Waals surface area contributed by atoms with Crippen molar-refractivity contribution in [1.29, 1.82) is 0 Å². The number of carbonyl (C=O) groups is 1. The Morgan fingerprint density at radius 1 is 1.25 bits per heavy atom. The summed E-state index contributed by atoms with van der Waals surface area (Å²) in [4.78, 5) is 11.8. The van der Waals surface area contributed by atoms with Gasteiger partial charge in [0.15, 0.2) is 5.78 Å². The number of hydrogen-bond donors (Lipinski definition) is 1. The molecule has 0 bridgehead atoms. The Kier molecular flexibility index (Phi) is 4.42. The third-order valence-electron chi connectivity index (χ3n) is 3.50. The van der Waals surface area contributed by atoms with Crippen molar-refractivity contribution >= 4 is 5.78 Å². The fourth-order valence-electron chi connectivity index (χ4n) is 2.39. The molecular formula is C14H15F4NO. The molecule has 1 fully saturated rings. The highest BCUT2D eigenvalue weighted by molar-refractivity contribution is 5.97. The minimum atomic E-state index is -4.74. The molecule has 0 spiro atoms. The zero-order valence-electron chi connectivity index (χ0n) is 10.8. The van der Waals surface area contributed by atoms with Crippen LogP contribution < -0.4 is 5.32 Å². The number of hydrogen-bond acceptors (Lipinski definition) is 2. The second-order valence-corrected chi connectivity index (χ2v) is 4.98. The van der Waals surface area contributed by atoms with E-state index in [1.807, 2.05) is 0 Å². The maximum absolute atomic E-state index is 13.4. The Morgan fingerprint density at radius 3 is 2.45 bits per heavy atom. The van der Waals surface area contributed by atoms with E-state index in [9.17, 15) is 22.4 Å². The van der Waals surface area contributed by atoms with E-state index >= 15 is 0 Å². The highest BCUT2D eigenvalue weighted by Gasteiger charge is 2.34. The van der Waals surface area contributed by atoms with Crippen LogP contribution >= 0.6 is 0 Å². The zero-order valence-corrected chi connectivity index (χ0v) is 10.8. The molecule has 0 radical (unpaired) electrons. The van der Waals surface area contributed by atoms with Crippen LogP contribution in [0.1, 0.15) is 41.6 Å². The summed E-state index contributed by atoms with van der Waals surface area (Å²) in [7, 11) is 0. The fraction of sp³-hybridized carbons (Fsp3) is 0.500. The second kappa shape index (κ2) is 5.91. The quantitative estimate of drug-likeness (QED) is 0.678. The van der Waals surface area contributed by atoms with Gasteiger partial charge in [0.05, 0.1) is 12.1 Å². The average Bonchev–Trinajstić information content (AvgIpc) is 2.87. The molecule has 0 amide bonds. The first-order valence-electron chi connectivity index (χ1n) is 6.51. The summed E-state index contributed by atoms with van der Waals surface area (Å²) in [6.45, 7) is 0.0233. The summed E-state index contributed by atoms with van der Waals surface area (Å²) in [5, 5.41) is 3.05. The summed E-state index contributed by atoms with van der Waals surface area (Å²) < 4.78 is 50.5. The molecular weight excluding hydrogens is 274 g/mol. The molecule has 0 heterocycles. The Morgan fingerprint density at radius 2 is 1.90 bits per heavy atom. The monoisotopic (exact) mass is 289 g/mol. The van der Waals surface area contributed by atoms with Crippen LogP contribution in [-0.2, 0) is 6.18 Å². The Hall–Kier alpha value is -1.43. The molecule has 0 saturated heterocycles. The Labute approximate surface area is 114 Å². The number of carbonyl (C=O) groups excluding carboxylic acids is 1. The molecule has 6 heteroatoms. The number of benzene rings is 1. The first kappa shape index (κ1) is 15.0. The maximum Gasteiger partial charge on any atom is 0.419 e. The average molecular weight is 289 g/mol. The predicted octanol–water partition coefficient (Wildman–Crippen LogP) is 3.56. The molecule has 0 unspecified atom stereocenters. The van der Waals surface area contributed by atoms with Crippen molar-refractivity contribution in [2.75, 3.05) is 6.54 Å². The molecule has 2 nitrogen and oxygen atoms in total. The number of alkyl halides is 3. The summed E-state index contributed by atoms with van der Waals surface area (Å²) in [5.74, 6) is -1.81. The molecule has 1 aromatic carbocycles. The highest BCUT2D eigenvalue weighted by atomic mass is 19.4. The summed E-state index contributed by atoms with van der Waals surface area (Å²) >= 11 is 0. The smallest absolute Gasteiger partial charge is 0.307 e. The van der Waals surface area contributed by atoms with Crippen molar-refractivity contribution in [3.05, 3.63) is 35.1 Å². The fourth-order valence-corrected chi connectivity index (χ4v) is 2.39. The largest absolute Gasteiger partial charge is 0.419 e. The number of halogens is 4. The van der Waals surface area contributed by atoms with Crippen molar-refractivity contribution in [3.8, 4) is 0 Å². The molecule has 1 saturated carbocycles. The molecule has 1 N–H and O–H groups in total. The highest BCUT2D eigenvalue weighted by Crippen LogP contribution is 2.31. The molecule has 0 aliphatic heterocycles. The normalized spacial score (nSPS) is 16.6. The molecule has 1 aliphatic rings. The van der Waals surface area contributed by atoms with E-state index in [1.54, 1.807) is 0 Å². The lowest BCUT2D eigenvalue weighted by Crippen LogP contribution is -2.31. The van der Waals surface area contributed by atoms with E-state index in [0.29, 0.717) is 12.1 Å². The van der Waals surface area contributed by atoms with E-state index in [1.165, 1.54) is 0 Å². The van der Waals surface area contributed by atoms with Crippen LogP contribution in [0, 0.1) is 5.82 Å². The lowest BCUT2D eigenvalue weighted by molar-refractivity contribution is -0.140. The van der Waals surface area contributed by atoms with Gasteiger partial charge in [-0.25, -0.2) is 4.39 Å². The van der Waals surface area contributed by atoms with Gasteiger partial charge >= 0.3 is 6.18 Å². The van der Waals surface area contributed by atoms with E-state index < -0.39 is 23.3 Å². The summed E-state index contributed by atoms with van der Waals surface area (Å²) in [6.07, 6.45) is -0.529. The van der Waals surface area contributed by atoms with Crippen LogP contribution in [0.5, 0.6) is 0 Å². The van der Waals surface area contributed by atoms with E-state index in [0.717, 1.165) is 31.7 Å². The number of Topliss-reactive ketones (excluding diaryl/α,β-unsaturated/α-hetero) is 1. The first-order chi connectivity index (χ1) is 9.38. The van der Waals surface area contributed by atoms with Crippen LogP contribution in [0.3, 0.4) is 0 Å². The molecule has 1 aliphatic carbocycles. The number of ketones is 1. The third kappa shape index (κ3) is 3.56. The van der Waals surface area contributed by atoms with Crippen LogP contribution in [-0.4, -0.2) is 18.4 Å². The maximum atomic E-state index is 13.4. The van der Waals surface area contributed by atoms with Crippen molar-refractivity contribution in [2.24, 2.45) is 0 Å². The van der Waals surface area contributed by atoms with Crippen molar-refractivity contribution in [3.63, 3.8) is 0 Å². The SMILES string of the molecule is O=C(CNC1CCCC1)c1ccc(C(F)(F)F)c(F)c1. The summed E-state index contributed by atoms with van der Waals surface area (Å²) in [6, 6.07) is 2.56. The molecule has 0 aromatic heterocycles. The summed E-state index contributed by atoms with van der Waals surface area (Å²) in [5.41, 5.74) is -1.39. The molecule has 1 aromatic rings. The van der Waals surface area contributed by atoms with E-state index in [-0.39, 0.29) is 18.2 Å². The van der Waals surface area contributed by atoms with E-state index in [2.05, 4.69) is 5.32 Å². The lowest BCUT2D eigenvalue weighted by Gasteiger charge is -2.12. The molecule has 110 valence electrons. The minimum absolute atomic E-state index is 0.0233. The van der Waals surface area contributed by atoms with Gasteiger partial charge in [-0.15, -0.1) is 0 Å². The van der Waals surface area contributed by atoms with Crippen LogP contribution in [0.2, 0.25) is 0 Å². The Balaban J connectivity index is 2.01. The van der Waals surface area contributed by atoms with Crippen molar-refractivity contribution in [2.45, 2.75) is 37.9 Å². The van der Waals surface area contributed by atoms with Gasteiger partial charge in [0, 0.05) is 11.6 Å². The number of nitrogens with one attached hydrogen (secondary N) is 1. The van der Waals surface area contributed by atoms with Gasteiger partial charge < -0.3 is 5.32 Å². The minimum Gasteiger partial charge on any atom is -0.307 e. The predicted molar refractivity (Wildman–Crippen MR) is 66.0 cm³/mol. The van der Waals surface area contributed by atoms with Crippen LogP contribution in [0.25, 0.3) is 0 Å². The van der Waals surface area contributed by atoms with Crippen LogP contribution in [0.4, 0.5) is 17.6 Å². The van der Waals surface area contributed by atoms with Gasteiger partial charge in [0.2, 0.25) is 0 Å². The lowest BCUT2D eigenvalue weighted by atomic mass is 10.1. The number of rotatable bonds is 4. The first-order valence-corrected chi connectivity index (χ1v) is 6.51. The van der Waals surface area contributed by atoms with Gasteiger partial charge in [-0.2, -0.15) is 13.2 Å². The zero-order chi connectivity index (χ0) is 14.8. The third-order valence-corrected chi connectivity index (χ3v) is 3.50. The van der Waals surface area contributed by atoms with Crippen LogP contribution in [0.15, 0.2) is 18.2 Å². The van der Waals surface area contributed by atoms with Crippen molar-refractivity contribution < 1.29 is 22.4 Å². The van der Waals surface area contributed by atoms with Crippen molar-refractivity contribution in [1.82, 2.24) is 5.32 Å². The Bertz CT molecular complexity index is 492.